The lowest BCUT2D eigenvalue weighted by Gasteiger charge is -2.28. The monoisotopic (exact) mass is 660 g/mol. The van der Waals surface area contributed by atoms with Crippen LogP contribution in [0.1, 0.15) is 44.1 Å². The van der Waals surface area contributed by atoms with E-state index in [1.165, 1.54) is 18.2 Å². The second-order valence-corrected chi connectivity index (χ2v) is 12.9. The highest BCUT2D eigenvalue weighted by Gasteiger charge is 2.56. The summed E-state index contributed by atoms with van der Waals surface area (Å²) in [5.74, 6) is -2.92. The van der Waals surface area contributed by atoms with Crippen LogP contribution in [0, 0.1) is 29.8 Å². The lowest BCUT2D eigenvalue weighted by molar-refractivity contribution is -0.131. The van der Waals surface area contributed by atoms with E-state index in [1.54, 1.807) is 12.3 Å². The van der Waals surface area contributed by atoms with Gasteiger partial charge in [-0.25, -0.2) is 13.2 Å². The minimum absolute atomic E-state index is 0.00610. The van der Waals surface area contributed by atoms with Crippen LogP contribution in [0.25, 0.3) is 10.9 Å². The molecule has 7 rings (SSSR count). The highest BCUT2D eigenvalue weighted by Crippen LogP contribution is 2.48. The first-order valence-corrected chi connectivity index (χ1v) is 16.1. The summed E-state index contributed by atoms with van der Waals surface area (Å²) < 4.78 is 59.9. The number of ether oxygens (including phenoxy) is 3. The quantitative estimate of drug-likeness (QED) is 0.152. The summed E-state index contributed by atoms with van der Waals surface area (Å²) in [6, 6.07) is 12.9. The SMILES string of the molecule is Cc1cc2c(Oc3ccc(NC(=O)C4(C(=O)Nc5ccc(F)c(F)c5)CC4)c(F)c3)ccnc2cc1OCC1(NC2CCOCC2)CC1. The van der Waals surface area contributed by atoms with Gasteiger partial charge < -0.3 is 30.2 Å². The van der Waals surface area contributed by atoms with E-state index in [1.807, 2.05) is 19.1 Å². The van der Waals surface area contributed by atoms with Crippen molar-refractivity contribution >= 4 is 34.1 Å². The molecule has 9 nitrogen and oxygen atoms in total. The number of pyridine rings is 1. The highest BCUT2D eigenvalue weighted by atomic mass is 19.2. The Morgan fingerprint density at radius 3 is 2.35 bits per heavy atom. The Balaban J connectivity index is 0.998. The predicted octanol–water partition coefficient (Wildman–Crippen LogP) is 6.79. The molecule has 0 unspecified atom stereocenters. The maximum absolute atomic E-state index is 15.2. The molecule has 3 aliphatic rings. The molecule has 48 heavy (non-hydrogen) atoms. The number of nitrogens with one attached hydrogen (secondary N) is 3. The Kier molecular flexibility index (Phi) is 8.46. The van der Waals surface area contributed by atoms with Gasteiger partial charge in [0, 0.05) is 54.7 Å². The highest BCUT2D eigenvalue weighted by molar-refractivity contribution is 6.17. The van der Waals surface area contributed by atoms with Crippen LogP contribution in [0.2, 0.25) is 0 Å². The van der Waals surface area contributed by atoms with Crippen LogP contribution in [0.15, 0.2) is 60.8 Å². The molecule has 0 radical (unpaired) electrons. The summed E-state index contributed by atoms with van der Waals surface area (Å²) in [6.45, 7) is 4.09. The number of amides is 2. The Hall–Kier alpha value is -4.68. The van der Waals surface area contributed by atoms with Gasteiger partial charge in [-0.2, -0.15) is 0 Å². The molecule has 3 aromatic carbocycles. The lowest BCUT2D eigenvalue weighted by Crippen LogP contribution is -2.46. The molecular weight excluding hydrogens is 625 g/mol. The van der Waals surface area contributed by atoms with Gasteiger partial charge >= 0.3 is 0 Å². The third-order valence-corrected chi connectivity index (χ3v) is 9.30. The van der Waals surface area contributed by atoms with Crippen LogP contribution in [-0.4, -0.2) is 48.2 Å². The minimum atomic E-state index is -1.44. The topological polar surface area (TPSA) is 111 Å². The number of halogens is 3. The maximum atomic E-state index is 15.2. The number of aryl methyl sites for hydroxylation is 1. The summed E-state index contributed by atoms with van der Waals surface area (Å²) in [4.78, 5) is 30.4. The molecule has 1 aromatic heterocycles. The third-order valence-electron chi connectivity index (χ3n) is 9.30. The van der Waals surface area contributed by atoms with Crippen molar-refractivity contribution in [2.45, 2.75) is 57.0 Å². The average molecular weight is 661 g/mol. The fourth-order valence-corrected chi connectivity index (χ4v) is 6.01. The van der Waals surface area contributed by atoms with Gasteiger partial charge in [-0.3, -0.25) is 14.6 Å². The first-order chi connectivity index (χ1) is 23.1. The van der Waals surface area contributed by atoms with Gasteiger partial charge in [0.05, 0.1) is 16.7 Å². The van der Waals surface area contributed by atoms with Crippen molar-refractivity contribution in [1.29, 1.82) is 0 Å². The Morgan fingerprint density at radius 1 is 0.875 bits per heavy atom. The molecule has 1 aliphatic heterocycles. The van der Waals surface area contributed by atoms with Crippen molar-refractivity contribution in [3.8, 4) is 17.2 Å². The first-order valence-electron chi connectivity index (χ1n) is 16.1. The van der Waals surface area contributed by atoms with Gasteiger partial charge in [0.2, 0.25) is 11.8 Å². The van der Waals surface area contributed by atoms with Crippen molar-refractivity contribution in [3.05, 3.63) is 83.8 Å². The summed E-state index contributed by atoms with van der Waals surface area (Å²) in [5.41, 5.74) is 0.0109. The van der Waals surface area contributed by atoms with Crippen LogP contribution in [0.4, 0.5) is 24.5 Å². The van der Waals surface area contributed by atoms with Crippen molar-refractivity contribution < 1.29 is 37.0 Å². The normalized spacial score (nSPS) is 17.8. The zero-order valence-electron chi connectivity index (χ0n) is 26.3. The van der Waals surface area contributed by atoms with Gasteiger partial charge in [0.25, 0.3) is 0 Å². The molecule has 2 aliphatic carbocycles. The molecule has 2 amide bonds. The number of hydrogen-bond donors (Lipinski definition) is 3. The molecule has 3 N–H and O–H groups in total. The van der Waals surface area contributed by atoms with E-state index in [4.69, 9.17) is 14.2 Å². The van der Waals surface area contributed by atoms with E-state index < -0.39 is 34.7 Å². The van der Waals surface area contributed by atoms with Gasteiger partial charge in [-0.05, 0) is 87.4 Å². The molecule has 3 fully saturated rings. The zero-order chi connectivity index (χ0) is 33.5. The molecule has 2 heterocycles. The molecule has 12 heteroatoms. The van der Waals surface area contributed by atoms with Crippen LogP contribution >= 0.6 is 0 Å². The number of carbonyl (C=O) groups excluding carboxylic acids is 2. The number of anilines is 2. The van der Waals surface area contributed by atoms with E-state index in [0.29, 0.717) is 23.9 Å². The fraction of sp³-hybridized carbons (Fsp3) is 0.361. The van der Waals surface area contributed by atoms with Gasteiger partial charge in [0.15, 0.2) is 11.6 Å². The number of benzene rings is 3. The van der Waals surface area contributed by atoms with Crippen LogP contribution in [0.5, 0.6) is 17.2 Å². The number of nitrogens with zero attached hydrogens (tertiary/aromatic N) is 1. The van der Waals surface area contributed by atoms with Gasteiger partial charge in [-0.15, -0.1) is 0 Å². The summed E-state index contributed by atoms with van der Waals surface area (Å²) in [7, 11) is 0. The zero-order valence-corrected chi connectivity index (χ0v) is 26.3. The second-order valence-electron chi connectivity index (χ2n) is 12.9. The molecule has 2 saturated carbocycles. The fourth-order valence-electron chi connectivity index (χ4n) is 6.01. The number of carbonyl (C=O) groups is 2. The number of fused-ring (bicyclic) bond motifs is 1. The first kappa shape index (κ1) is 31.9. The largest absolute Gasteiger partial charge is 0.491 e. The summed E-state index contributed by atoms with van der Waals surface area (Å²) in [5, 5.41) is 9.44. The maximum Gasteiger partial charge on any atom is 0.240 e. The molecular formula is C36H35F3N4O5. The summed E-state index contributed by atoms with van der Waals surface area (Å²) >= 11 is 0. The van der Waals surface area contributed by atoms with Crippen molar-refractivity contribution in [2.24, 2.45) is 5.41 Å². The van der Waals surface area contributed by atoms with Crippen LogP contribution in [-0.2, 0) is 14.3 Å². The molecule has 0 bridgehead atoms. The molecule has 0 atom stereocenters. The van der Waals surface area contributed by atoms with Crippen LogP contribution < -0.4 is 25.4 Å². The molecule has 4 aromatic rings. The van der Waals surface area contributed by atoms with E-state index in [9.17, 15) is 18.4 Å². The van der Waals surface area contributed by atoms with Crippen molar-refractivity contribution in [1.82, 2.24) is 10.3 Å². The second kappa shape index (κ2) is 12.7. The third kappa shape index (κ3) is 6.67. The Bertz CT molecular complexity index is 1890. The summed E-state index contributed by atoms with van der Waals surface area (Å²) in [6.07, 6.45) is 6.23. The standard InChI is InChI=1S/C36H35F3N4O5/c1-21-16-25-30(19-32(21)47-20-35(9-10-35)43-22-7-14-46-15-8-22)40-13-6-31(25)48-24-3-5-29(28(39)18-24)42-34(45)36(11-12-36)33(44)41-23-2-4-26(37)27(38)17-23/h2-6,13,16-19,22,43H,7-12,14-15,20H2,1H3,(H,41,44)(H,42,45). The molecule has 1 saturated heterocycles. The van der Waals surface area contributed by atoms with Gasteiger partial charge in [-0.1, -0.05) is 0 Å². The van der Waals surface area contributed by atoms with Gasteiger partial charge in [0.1, 0.15) is 35.1 Å². The van der Waals surface area contributed by atoms with Crippen molar-refractivity contribution in [2.75, 3.05) is 30.5 Å². The Morgan fingerprint density at radius 2 is 1.65 bits per heavy atom. The minimum Gasteiger partial charge on any atom is -0.491 e. The predicted molar refractivity (Wildman–Crippen MR) is 173 cm³/mol. The smallest absolute Gasteiger partial charge is 0.240 e. The van der Waals surface area contributed by atoms with E-state index in [-0.39, 0.29) is 35.5 Å². The van der Waals surface area contributed by atoms with Crippen molar-refractivity contribution in [3.63, 3.8) is 0 Å². The Labute approximate surface area is 275 Å². The van der Waals surface area contributed by atoms with Crippen LogP contribution in [0.3, 0.4) is 0 Å². The molecule has 0 spiro atoms. The van der Waals surface area contributed by atoms with E-state index in [2.05, 4.69) is 20.9 Å². The molecule has 250 valence electrons. The van der Waals surface area contributed by atoms with E-state index in [0.717, 1.165) is 73.8 Å². The number of rotatable bonds is 11. The number of hydrogen-bond acceptors (Lipinski definition) is 7. The number of aromatic nitrogens is 1. The average Bonchev–Trinajstić information content (AvgIpc) is 4.01. The lowest BCUT2D eigenvalue weighted by atomic mass is 10.0. The van der Waals surface area contributed by atoms with E-state index >= 15 is 4.39 Å².